The zero-order chi connectivity index (χ0) is 12.1. The summed E-state index contributed by atoms with van der Waals surface area (Å²) >= 11 is 3.30. The molecule has 2 aromatic rings. The normalized spacial score (nSPS) is 10.2. The molecule has 0 aromatic carbocycles. The van der Waals surface area contributed by atoms with Gasteiger partial charge in [0.1, 0.15) is 0 Å². The van der Waals surface area contributed by atoms with E-state index in [0.29, 0.717) is 17.0 Å². The highest BCUT2D eigenvalue weighted by Gasteiger charge is 2.04. The van der Waals surface area contributed by atoms with E-state index in [9.17, 15) is 0 Å². The van der Waals surface area contributed by atoms with Crippen molar-refractivity contribution in [3.8, 4) is 5.88 Å². The number of nitrogens with zero attached hydrogens (tertiary/aromatic N) is 3. The fraction of sp³-hybridized carbons (Fsp3) is 0.182. The second kappa shape index (κ2) is 5.58. The van der Waals surface area contributed by atoms with E-state index in [4.69, 9.17) is 10.5 Å². The minimum absolute atomic E-state index is 0.195. The quantitative estimate of drug-likeness (QED) is 0.931. The summed E-state index contributed by atoms with van der Waals surface area (Å²) in [6.45, 7) is 0.492. The summed E-state index contributed by atoms with van der Waals surface area (Å²) in [6.07, 6.45) is 4.05. The third-order valence-electron chi connectivity index (χ3n) is 2.05. The number of nitrogen functional groups attached to an aromatic ring is 1. The van der Waals surface area contributed by atoms with Crippen LogP contribution in [0.1, 0.15) is 5.69 Å². The van der Waals surface area contributed by atoms with Gasteiger partial charge in [0.25, 0.3) is 0 Å². The van der Waals surface area contributed by atoms with Gasteiger partial charge in [0.2, 0.25) is 11.8 Å². The number of pyridine rings is 1. The van der Waals surface area contributed by atoms with Crippen LogP contribution < -0.4 is 10.5 Å². The van der Waals surface area contributed by atoms with Crippen LogP contribution in [0.2, 0.25) is 0 Å². The summed E-state index contributed by atoms with van der Waals surface area (Å²) in [5.74, 6) is 0.648. The van der Waals surface area contributed by atoms with Gasteiger partial charge in [0.05, 0.1) is 17.3 Å². The van der Waals surface area contributed by atoms with Crippen LogP contribution in [0.5, 0.6) is 5.88 Å². The number of nitrogens with two attached hydrogens (primary N) is 1. The Kier molecular flexibility index (Phi) is 3.87. The lowest BCUT2D eigenvalue weighted by Gasteiger charge is -2.06. The van der Waals surface area contributed by atoms with Gasteiger partial charge < -0.3 is 10.5 Å². The van der Waals surface area contributed by atoms with Crippen LogP contribution in [-0.4, -0.2) is 21.6 Å². The third kappa shape index (κ3) is 3.39. The Hall–Kier alpha value is -1.69. The van der Waals surface area contributed by atoms with Crippen molar-refractivity contribution in [2.75, 3.05) is 12.3 Å². The molecule has 0 aliphatic heterocycles. The number of anilines is 1. The highest BCUT2D eigenvalue weighted by molar-refractivity contribution is 9.10. The number of halogens is 1. The first-order chi connectivity index (χ1) is 8.25. The van der Waals surface area contributed by atoms with Crippen LogP contribution in [0.15, 0.2) is 35.1 Å². The fourth-order valence-corrected chi connectivity index (χ4v) is 1.57. The molecule has 2 heterocycles. The Balaban J connectivity index is 1.92. The lowest BCUT2D eigenvalue weighted by atomic mass is 10.3. The van der Waals surface area contributed by atoms with Crippen molar-refractivity contribution >= 4 is 21.9 Å². The summed E-state index contributed by atoms with van der Waals surface area (Å²) in [4.78, 5) is 12.0. The van der Waals surface area contributed by atoms with E-state index >= 15 is 0 Å². The van der Waals surface area contributed by atoms with Crippen molar-refractivity contribution in [2.24, 2.45) is 0 Å². The lowest BCUT2D eigenvalue weighted by molar-refractivity contribution is 0.306. The minimum Gasteiger partial charge on any atom is -0.476 e. The molecule has 0 radical (unpaired) electrons. The van der Waals surface area contributed by atoms with E-state index in [1.807, 2.05) is 18.2 Å². The van der Waals surface area contributed by atoms with E-state index in [-0.39, 0.29) is 5.95 Å². The molecule has 0 unspecified atom stereocenters. The molecule has 0 fully saturated rings. The van der Waals surface area contributed by atoms with Crippen LogP contribution in [0.3, 0.4) is 0 Å². The van der Waals surface area contributed by atoms with Crippen molar-refractivity contribution in [1.82, 2.24) is 15.0 Å². The molecule has 0 saturated heterocycles. The SMILES string of the molecule is Nc1ncc(Br)c(OCCc2ccccn2)n1. The Morgan fingerprint density at radius 2 is 2.18 bits per heavy atom. The van der Waals surface area contributed by atoms with Gasteiger partial charge in [-0.05, 0) is 28.1 Å². The molecular formula is C11H11BrN4O. The summed E-state index contributed by atoms with van der Waals surface area (Å²) in [5.41, 5.74) is 6.45. The zero-order valence-electron chi connectivity index (χ0n) is 9.01. The van der Waals surface area contributed by atoms with Crippen LogP contribution in [0.25, 0.3) is 0 Å². The summed E-state index contributed by atoms with van der Waals surface area (Å²) in [7, 11) is 0. The Morgan fingerprint density at radius 3 is 2.94 bits per heavy atom. The Labute approximate surface area is 107 Å². The molecule has 2 N–H and O–H groups in total. The van der Waals surface area contributed by atoms with Gasteiger partial charge >= 0.3 is 0 Å². The average molecular weight is 295 g/mol. The van der Waals surface area contributed by atoms with E-state index in [0.717, 1.165) is 12.1 Å². The second-order valence-electron chi connectivity index (χ2n) is 3.30. The zero-order valence-corrected chi connectivity index (χ0v) is 10.6. The lowest BCUT2D eigenvalue weighted by Crippen LogP contribution is -2.06. The first-order valence-electron chi connectivity index (χ1n) is 5.06. The van der Waals surface area contributed by atoms with Gasteiger partial charge in [-0.3, -0.25) is 4.98 Å². The summed E-state index contributed by atoms with van der Waals surface area (Å²) in [5, 5.41) is 0. The fourth-order valence-electron chi connectivity index (χ4n) is 1.26. The van der Waals surface area contributed by atoms with Crippen LogP contribution >= 0.6 is 15.9 Å². The van der Waals surface area contributed by atoms with Crippen molar-refractivity contribution in [2.45, 2.75) is 6.42 Å². The number of aromatic nitrogens is 3. The Bertz CT molecular complexity index is 492. The number of hydrogen-bond donors (Lipinski definition) is 1. The van der Waals surface area contributed by atoms with Crippen molar-refractivity contribution < 1.29 is 4.74 Å². The number of hydrogen-bond acceptors (Lipinski definition) is 5. The molecule has 0 amide bonds. The highest BCUT2D eigenvalue weighted by atomic mass is 79.9. The predicted molar refractivity (Wildman–Crippen MR) is 67.6 cm³/mol. The molecule has 0 aliphatic carbocycles. The maximum absolute atomic E-state index is 5.50. The predicted octanol–water partition coefficient (Wildman–Crippen LogP) is 1.84. The van der Waals surface area contributed by atoms with Crippen LogP contribution in [-0.2, 0) is 6.42 Å². The largest absolute Gasteiger partial charge is 0.476 e. The van der Waals surface area contributed by atoms with E-state index < -0.39 is 0 Å². The van der Waals surface area contributed by atoms with Gasteiger partial charge in [-0.25, -0.2) is 4.98 Å². The maximum Gasteiger partial charge on any atom is 0.232 e. The van der Waals surface area contributed by atoms with Gasteiger partial charge in [-0.15, -0.1) is 0 Å². The highest BCUT2D eigenvalue weighted by Crippen LogP contribution is 2.21. The first kappa shape index (κ1) is 11.8. The number of rotatable bonds is 4. The Morgan fingerprint density at radius 1 is 1.29 bits per heavy atom. The molecule has 0 atom stereocenters. The molecule has 5 nitrogen and oxygen atoms in total. The maximum atomic E-state index is 5.50. The van der Waals surface area contributed by atoms with Gasteiger partial charge in [0, 0.05) is 18.3 Å². The third-order valence-corrected chi connectivity index (χ3v) is 2.60. The summed E-state index contributed by atoms with van der Waals surface area (Å²) in [6, 6.07) is 5.78. The van der Waals surface area contributed by atoms with Crippen molar-refractivity contribution in [3.63, 3.8) is 0 Å². The molecule has 88 valence electrons. The molecule has 17 heavy (non-hydrogen) atoms. The van der Waals surface area contributed by atoms with Gasteiger partial charge in [-0.1, -0.05) is 6.07 Å². The average Bonchev–Trinajstić information content (AvgIpc) is 2.35. The second-order valence-corrected chi connectivity index (χ2v) is 4.16. The van der Waals surface area contributed by atoms with Crippen LogP contribution in [0, 0.1) is 0 Å². The molecule has 0 bridgehead atoms. The standard InChI is InChI=1S/C11H11BrN4O/c12-9-7-15-11(13)16-10(9)17-6-4-8-3-1-2-5-14-8/h1-3,5,7H,4,6H2,(H2,13,15,16). The van der Waals surface area contributed by atoms with E-state index in [1.54, 1.807) is 12.4 Å². The first-order valence-corrected chi connectivity index (χ1v) is 5.86. The van der Waals surface area contributed by atoms with Gasteiger partial charge in [0.15, 0.2) is 0 Å². The van der Waals surface area contributed by atoms with Crippen molar-refractivity contribution in [3.05, 3.63) is 40.8 Å². The van der Waals surface area contributed by atoms with E-state index in [2.05, 4.69) is 30.9 Å². The minimum atomic E-state index is 0.195. The molecule has 0 aliphatic rings. The van der Waals surface area contributed by atoms with Crippen molar-refractivity contribution in [1.29, 1.82) is 0 Å². The number of ether oxygens (including phenoxy) is 1. The topological polar surface area (TPSA) is 73.9 Å². The molecule has 6 heteroatoms. The van der Waals surface area contributed by atoms with Gasteiger partial charge in [-0.2, -0.15) is 4.98 Å². The molecule has 2 aromatic heterocycles. The molecule has 0 spiro atoms. The summed E-state index contributed by atoms with van der Waals surface area (Å²) < 4.78 is 6.19. The molecule has 2 rings (SSSR count). The van der Waals surface area contributed by atoms with Crippen LogP contribution in [0.4, 0.5) is 5.95 Å². The van der Waals surface area contributed by atoms with E-state index in [1.165, 1.54) is 0 Å². The molecule has 0 saturated carbocycles. The monoisotopic (exact) mass is 294 g/mol. The molecular weight excluding hydrogens is 284 g/mol. The smallest absolute Gasteiger partial charge is 0.232 e.